The van der Waals surface area contributed by atoms with Crippen LogP contribution in [-0.2, 0) is 37.6 Å². The Balaban J connectivity index is 1.99. The molecular weight excluding hydrogens is 480 g/mol. The van der Waals surface area contributed by atoms with E-state index >= 15 is 0 Å². The van der Waals surface area contributed by atoms with Gasteiger partial charge in [-0.05, 0) is 31.9 Å². The first-order valence-corrected chi connectivity index (χ1v) is 14.9. The number of anilines is 1. The summed E-state index contributed by atoms with van der Waals surface area (Å²) in [7, 11) is -4.98. The van der Waals surface area contributed by atoms with Gasteiger partial charge in [0.1, 0.15) is 22.2 Å². The van der Waals surface area contributed by atoms with Crippen LogP contribution >= 0.6 is 0 Å². The summed E-state index contributed by atoms with van der Waals surface area (Å²) in [5.41, 5.74) is 3.17. The van der Waals surface area contributed by atoms with Crippen molar-refractivity contribution in [2.75, 3.05) is 43.4 Å². The zero-order chi connectivity index (χ0) is 25.3. The van der Waals surface area contributed by atoms with E-state index in [2.05, 4.69) is 5.10 Å². The maximum atomic E-state index is 12.4. The summed E-state index contributed by atoms with van der Waals surface area (Å²) in [6.45, 7) is 4.07. The lowest BCUT2D eigenvalue weighted by molar-refractivity contribution is -0.117. The van der Waals surface area contributed by atoms with Crippen LogP contribution in [0.3, 0.4) is 0 Å². The maximum absolute atomic E-state index is 12.4. The Labute approximate surface area is 201 Å². The van der Waals surface area contributed by atoms with Crippen molar-refractivity contribution in [2.24, 2.45) is 0 Å². The first-order chi connectivity index (χ1) is 15.8. The van der Waals surface area contributed by atoms with Crippen LogP contribution in [0.25, 0.3) is 11.1 Å². The second-order valence-electron chi connectivity index (χ2n) is 8.77. The third-order valence-electron chi connectivity index (χ3n) is 5.94. The highest BCUT2D eigenvalue weighted by molar-refractivity contribution is 7.90. The standard InChI is InChI=1S/C22H32N4O6S2/c1-16-6-7-20-21(26(16)17(2)27)9-8-19(22(20)32-12-10-24(3)34(5,30)31)18-14-23-25(15-18)11-13-33(4,28)29/h8-9,14-16H,6-7,10-13H2,1-5H3. The molecule has 0 saturated carbocycles. The number of aromatic nitrogens is 2. The van der Waals surface area contributed by atoms with E-state index < -0.39 is 19.9 Å². The number of ether oxygens (including phenoxy) is 1. The zero-order valence-electron chi connectivity index (χ0n) is 20.2. The molecule has 1 aromatic heterocycles. The van der Waals surface area contributed by atoms with Crippen LogP contribution in [0.2, 0.25) is 0 Å². The Morgan fingerprint density at radius 3 is 2.56 bits per heavy atom. The first-order valence-electron chi connectivity index (χ1n) is 11.0. The fraction of sp³-hybridized carbons (Fsp3) is 0.545. The van der Waals surface area contributed by atoms with Gasteiger partial charge >= 0.3 is 0 Å². The largest absolute Gasteiger partial charge is 0.491 e. The molecule has 1 atom stereocenters. The molecule has 0 saturated heterocycles. The molecule has 1 aromatic carbocycles. The molecular formula is C22H32N4O6S2. The number of hydrogen-bond donors (Lipinski definition) is 0. The number of benzene rings is 1. The van der Waals surface area contributed by atoms with E-state index in [9.17, 15) is 21.6 Å². The molecule has 1 unspecified atom stereocenters. The number of sulfonamides is 1. The van der Waals surface area contributed by atoms with Crippen LogP contribution in [0.4, 0.5) is 5.69 Å². The lowest BCUT2D eigenvalue weighted by Gasteiger charge is -2.36. The van der Waals surface area contributed by atoms with Gasteiger partial charge in [0.15, 0.2) is 0 Å². The van der Waals surface area contributed by atoms with Gasteiger partial charge in [-0.15, -0.1) is 0 Å². The van der Waals surface area contributed by atoms with E-state index in [1.807, 2.05) is 19.1 Å². The molecule has 1 aliphatic rings. The van der Waals surface area contributed by atoms with E-state index in [-0.39, 0.29) is 37.4 Å². The van der Waals surface area contributed by atoms with Gasteiger partial charge in [-0.2, -0.15) is 5.10 Å². The normalized spacial score (nSPS) is 16.5. The predicted octanol–water partition coefficient (Wildman–Crippen LogP) is 1.55. The van der Waals surface area contributed by atoms with E-state index in [1.165, 1.54) is 24.5 Å². The third-order valence-corrected chi connectivity index (χ3v) is 8.18. The zero-order valence-corrected chi connectivity index (χ0v) is 21.8. The lowest BCUT2D eigenvalue weighted by atomic mass is 9.92. The van der Waals surface area contributed by atoms with Gasteiger partial charge < -0.3 is 9.64 Å². The van der Waals surface area contributed by atoms with Crippen LogP contribution in [0.1, 0.15) is 25.8 Å². The minimum atomic E-state index is -3.34. The molecule has 2 heterocycles. The average Bonchev–Trinajstić information content (AvgIpc) is 3.19. The summed E-state index contributed by atoms with van der Waals surface area (Å²) in [4.78, 5) is 14.1. The van der Waals surface area contributed by atoms with Gasteiger partial charge in [0, 0.05) is 55.7 Å². The summed E-state index contributed by atoms with van der Waals surface area (Å²) in [6.07, 6.45) is 7.20. The SMILES string of the molecule is CC(=O)N1c2ccc(-c3cnn(CCS(C)(=O)=O)c3)c(OCCN(C)S(C)(=O)=O)c2CCC1C. The number of aryl methyl sites for hydroxylation is 1. The Kier molecular flexibility index (Phi) is 7.73. The molecule has 0 fully saturated rings. The molecule has 0 bridgehead atoms. The summed E-state index contributed by atoms with van der Waals surface area (Å²) in [6, 6.07) is 3.81. The Hall–Kier alpha value is -2.44. The highest BCUT2D eigenvalue weighted by Crippen LogP contribution is 2.43. The number of nitrogens with zero attached hydrogens (tertiary/aromatic N) is 4. The van der Waals surface area contributed by atoms with Crippen molar-refractivity contribution in [2.45, 2.75) is 39.3 Å². The number of hydrogen-bond acceptors (Lipinski definition) is 7. The fourth-order valence-corrected chi connectivity index (χ4v) is 4.93. The molecule has 1 amide bonds. The van der Waals surface area contributed by atoms with E-state index in [4.69, 9.17) is 4.74 Å². The fourth-order valence-electron chi connectivity index (χ4n) is 4.00. The molecule has 0 spiro atoms. The smallest absolute Gasteiger partial charge is 0.224 e. The van der Waals surface area contributed by atoms with Gasteiger partial charge in [-0.1, -0.05) is 0 Å². The van der Waals surface area contributed by atoms with Gasteiger partial charge in [-0.3, -0.25) is 9.48 Å². The molecule has 0 radical (unpaired) electrons. The van der Waals surface area contributed by atoms with Crippen LogP contribution in [0, 0.1) is 0 Å². The monoisotopic (exact) mass is 512 g/mol. The van der Waals surface area contributed by atoms with Gasteiger partial charge in [0.25, 0.3) is 0 Å². The minimum Gasteiger partial charge on any atom is -0.491 e. The topological polar surface area (TPSA) is 119 Å². The Morgan fingerprint density at radius 2 is 1.94 bits per heavy atom. The number of carbonyl (C=O) groups is 1. The van der Waals surface area contributed by atoms with Gasteiger partial charge in [-0.25, -0.2) is 21.1 Å². The molecule has 34 heavy (non-hydrogen) atoms. The Morgan fingerprint density at radius 1 is 1.24 bits per heavy atom. The number of amides is 1. The van der Waals surface area contributed by atoms with Crippen LogP contribution in [0.5, 0.6) is 5.75 Å². The second kappa shape index (κ2) is 10.0. The predicted molar refractivity (Wildman–Crippen MR) is 131 cm³/mol. The van der Waals surface area contributed by atoms with Crippen molar-refractivity contribution >= 4 is 31.5 Å². The van der Waals surface area contributed by atoms with Crippen molar-refractivity contribution < 1.29 is 26.4 Å². The number of fused-ring (bicyclic) bond motifs is 1. The number of sulfone groups is 1. The molecule has 12 heteroatoms. The van der Waals surface area contributed by atoms with Crippen molar-refractivity contribution in [3.63, 3.8) is 0 Å². The van der Waals surface area contributed by atoms with E-state index in [0.717, 1.165) is 35.1 Å². The highest BCUT2D eigenvalue weighted by Gasteiger charge is 2.30. The van der Waals surface area contributed by atoms with Crippen molar-refractivity contribution in [3.05, 3.63) is 30.1 Å². The first kappa shape index (κ1) is 26.2. The highest BCUT2D eigenvalue weighted by atomic mass is 32.2. The molecule has 0 N–H and O–H groups in total. The van der Waals surface area contributed by atoms with Crippen LogP contribution in [-0.4, -0.2) is 81.3 Å². The van der Waals surface area contributed by atoms with Gasteiger partial charge in [0.05, 0.1) is 30.4 Å². The molecule has 0 aliphatic carbocycles. The summed E-state index contributed by atoms with van der Waals surface area (Å²) < 4.78 is 55.5. The summed E-state index contributed by atoms with van der Waals surface area (Å²) >= 11 is 0. The van der Waals surface area contributed by atoms with Crippen LogP contribution < -0.4 is 9.64 Å². The Bertz CT molecular complexity index is 1270. The molecule has 188 valence electrons. The van der Waals surface area contributed by atoms with E-state index in [1.54, 1.807) is 22.0 Å². The van der Waals surface area contributed by atoms with Crippen molar-refractivity contribution in [1.82, 2.24) is 14.1 Å². The summed E-state index contributed by atoms with van der Waals surface area (Å²) in [5.74, 6) is 0.503. The quantitative estimate of drug-likeness (QED) is 0.500. The molecule has 3 rings (SSSR count). The van der Waals surface area contributed by atoms with Crippen molar-refractivity contribution in [1.29, 1.82) is 0 Å². The number of likely N-dealkylation sites (N-methyl/N-ethyl adjacent to an activating group) is 1. The molecule has 2 aromatic rings. The lowest BCUT2D eigenvalue weighted by Crippen LogP contribution is -2.41. The number of carbonyl (C=O) groups excluding carboxylic acids is 1. The third kappa shape index (κ3) is 6.16. The maximum Gasteiger partial charge on any atom is 0.224 e. The average molecular weight is 513 g/mol. The number of rotatable bonds is 9. The van der Waals surface area contributed by atoms with Gasteiger partial charge in [0.2, 0.25) is 15.9 Å². The minimum absolute atomic E-state index is 0.0229. The molecule has 10 nitrogen and oxygen atoms in total. The molecule has 1 aliphatic heterocycles. The second-order valence-corrected chi connectivity index (χ2v) is 13.1. The van der Waals surface area contributed by atoms with Crippen molar-refractivity contribution in [3.8, 4) is 16.9 Å². The van der Waals surface area contributed by atoms with Crippen LogP contribution in [0.15, 0.2) is 24.5 Å². The summed E-state index contributed by atoms with van der Waals surface area (Å²) in [5, 5.41) is 4.29. The van der Waals surface area contributed by atoms with E-state index in [0.29, 0.717) is 12.2 Å².